The normalized spacial score (nSPS) is 26.3. The number of amides is 1. The van der Waals surface area contributed by atoms with Crippen molar-refractivity contribution in [2.75, 3.05) is 18.1 Å². The second-order valence-corrected chi connectivity index (χ2v) is 4.21. The van der Waals surface area contributed by atoms with Crippen molar-refractivity contribution in [1.29, 1.82) is 0 Å². The molecular formula is C10H12N4O3. The van der Waals surface area contributed by atoms with Gasteiger partial charge in [0.15, 0.2) is 0 Å². The molecule has 0 aromatic carbocycles. The minimum absolute atomic E-state index is 0.233. The third kappa shape index (κ3) is 1.73. The van der Waals surface area contributed by atoms with Gasteiger partial charge < -0.3 is 9.64 Å². The highest BCUT2D eigenvalue weighted by atomic mass is 16.5. The van der Waals surface area contributed by atoms with Gasteiger partial charge in [-0.3, -0.25) is 10.0 Å². The minimum Gasteiger partial charge on any atom is -0.374 e. The Morgan fingerprint density at radius 3 is 2.82 bits per heavy atom. The number of hydroxylamine groups is 1. The summed E-state index contributed by atoms with van der Waals surface area (Å²) in [4.78, 5) is 21.5. The zero-order valence-electron chi connectivity index (χ0n) is 9.04. The summed E-state index contributed by atoms with van der Waals surface area (Å²) in [5.41, 5.74) is 1.78. The van der Waals surface area contributed by atoms with E-state index in [2.05, 4.69) is 14.9 Å². The number of ether oxygens (including phenoxy) is 1. The number of carbonyl (C=O) groups excluding carboxylic acids is 1. The van der Waals surface area contributed by atoms with Crippen molar-refractivity contribution in [1.82, 2.24) is 15.4 Å². The van der Waals surface area contributed by atoms with Crippen molar-refractivity contribution in [2.24, 2.45) is 0 Å². The molecule has 2 saturated heterocycles. The van der Waals surface area contributed by atoms with E-state index in [-0.39, 0.29) is 11.7 Å². The van der Waals surface area contributed by atoms with Gasteiger partial charge in [-0.25, -0.2) is 15.4 Å². The molecule has 17 heavy (non-hydrogen) atoms. The van der Waals surface area contributed by atoms with Crippen LogP contribution in [0.1, 0.15) is 16.8 Å². The lowest BCUT2D eigenvalue weighted by Gasteiger charge is -2.26. The van der Waals surface area contributed by atoms with E-state index in [0.717, 1.165) is 13.0 Å². The Balaban J connectivity index is 1.78. The number of rotatable bonds is 2. The number of nitrogens with one attached hydrogen (secondary N) is 1. The monoisotopic (exact) mass is 236 g/mol. The highest BCUT2D eigenvalue weighted by molar-refractivity contribution is 5.92. The van der Waals surface area contributed by atoms with Gasteiger partial charge in [-0.05, 0) is 6.42 Å². The smallest absolute Gasteiger partial charge is 0.277 e. The van der Waals surface area contributed by atoms with Crippen LogP contribution < -0.4 is 10.4 Å². The Morgan fingerprint density at radius 1 is 1.53 bits per heavy atom. The van der Waals surface area contributed by atoms with Crippen LogP contribution in [0.4, 0.5) is 5.95 Å². The molecule has 7 heteroatoms. The molecule has 0 aliphatic carbocycles. The fourth-order valence-electron chi connectivity index (χ4n) is 2.30. The van der Waals surface area contributed by atoms with E-state index in [0.29, 0.717) is 18.6 Å². The van der Waals surface area contributed by atoms with Gasteiger partial charge in [-0.15, -0.1) is 0 Å². The number of fused-ring (bicyclic) bond motifs is 2. The summed E-state index contributed by atoms with van der Waals surface area (Å²) in [6.45, 7) is 1.52. The first kappa shape index (κ1) is 10.4. The lowest BCUT2D eigenvalue weighted by atomic mass is 10.2. The SMILES string of the molecule is O=C(NO)c1cnc(N2C[C@@H]3C[C@H]2CO3)nc1. The van der Waals surface area contributed by atoms with E-state index in [1.807, 2.05) is 0 Å². The van der Waals surface area contributed by atoms with E-state index in [1.165, 1.54) is 12.4 Å². The number of aromatic nitrogens is 2. The maximum Gasteiger partial charge on any atom is 0.277 e. The molecular weight excluding hydrogens is 224 g/mol. The quantitative estimate of drug-likeness (QED) is 0.535. The standard InChI is InChI=1S/C10H12N4O3/c15-9(13-16)6-2-11-10(12-3-6)14-4-8-1-7(14)5-17-8/h2-3,7-8,16H,1,4-5H2,(H,13,15)/t7-,8-/m0/s1. The van der Waals surface area contributed by atoms with E-state index < -0.39 is 5.91 Å². The average molecular weight is 236 g/mol. The molecule has 7 nitrogen and oxygen atoms in total. The molecule has 2 aliphatic heterocycles. The summed E-state index contributed by atoms with van der Waals surface area (Å²) in [6.07, 6.45) is 4.10. The van der Waals surface area contributed by atoms with Crippen molar-refractivity contribution in [3.05, 3.63) is 18.0 Å². The topological polar surface area (TPSA) is 87.6 Å². The molecule has 0 unspecified atom stereocenters. The molecule has 0 radical (unpaired) electrons. The van der Waals surface area contributed by atoms with Gasteiger partial charge in [0, 0.05) is 18.9 Å². The van der Waals surface area contributed by atoms with Crippen LogP contribution >= 0.6 is 0 Å². The molecule has 0 spiro atoms. The van der Waals surface area contributed by atoms with Gasteiger partial charge in [-0.2, -0.15) is 0 Å². The maximum absolute atomic E-state index is 11.1. The van der Waals surface area contributed by atoms with Crippen molar-refractivity contribution in [3.8, 4) is 0 Å². The second kappa shape index (κ2) is 3.94. The van der Waals surface area contributed by atoms with Crippen molar-refractivity contribution in [2.45, 2.75) is 18.6 Å². The van der Waals surface area contributed by atoms with Crippen LogP contribution in [-0.2, 0) is 4.74 Å². The molecule has 0 saturated carbocycles. The number of nitrogens with zero attached hydrogens (tertiary/aromatic N) is 3. The number of hydrogen-bond donors (Lipinski definition) is 2. The number of anilines is 1. The van der Waals surface area contributed by atoms with Gasteiger partial charge in [0.05, 0.1) is 24.3 Å². The molecule has 2 N–H and O–H groups in total. The predicted molar refractivity (Wildman–Crippen MR) is 56.8 cm³/mol. The van der Waals surface area contributed by atoms with Crippen molar-refractivity contribution < 1.29 is 14.7 Å². The molecule has 90 valence electrons. The zero-order chi connectivity index (χ0) is 11.8. The Kier molecular flexibility index (Phi) is 2.41. The minimum atomic E-state index is -0.608. The summed E-state index contributed by atoms with van der Waals surface area (Å²) < 4.78 is 5.49. The van der Waals surface area contributed by atoms with Crippen LogP contribution in [0.3, 0.4) is 0 Å². The lowest BCUT2D eigenvalue weighted by molar-refractivity contribution is 0.0705. The third-order valence-electron chi connectivity index (χ3n) is 3.16. The summed E-state index contributed by atoms with van der Waals surface area (Å²) in [6, 6.07) is 0.345. The van der Waals surface area contributed by atoms with Crippen LogP contribution in [0.2, 0.25) is 0 Å². The van der Waals surface area contributed by atoms with Crippen molar-refractivity contribution >= 4 is 11.9 Å². The number of morpholine rings is 1. The largest absolute Gasteiger partial charge is 0.374 e. The zero-order valence-corrected chi connectivity index (χ0v) is 9.04. The molecule has 1 amide bonds. The Bertz CT molecular complexity index is 436. The number of carbonyl (C=O) groups is 1. The van der Waals surface area contributed by atoms with Gasteiger partial charge in [0.25, 0.3) is 5.91 Å². The Labute approximate surface area is 97.4 Å². The highest BCUT2D eigenvalue weighted by Crippen LogP contribution is 2.30. The van der Waals surface area contributed by atoms with Crippen LogP contribution in [0.15, 0.2) is 12.4 Å². The molecule has 2 atom stereocenters. The highest BCUT2D eigenvalue weighted by Gasteiger charge is 2.40. The molecule has 2 bridgehead atoms. The first-order valence-corrected chi connectivity index (χ1v) is 5.42. The van der Waals surface area contributed by atoms with Gasteiger partial charge >= 0.3 is 0 Å². The fourth-order valence-corrected chi connectivity index (χ4v) is 2.30. The van der Waals surface area contributed by atoms with E-state index >= 15 is 0 Å². The van der Waals surface area contributed by atoms with Crippen LogP contribution in [0.25, 0.3) is 0 Å². The summed E-state index contributed by atoms with van der Waals surface area (Å²) in [5, 5.41) is 8.47. The van der Waals surface area contributed by atoms with Gasteiger partial charge in [0.1, 0.15) is 0 Å². The molecule has 2 aliphatic rings. The lowest BCUT2D eigenvalue weighted by Crippen LogP contribution is -2.38. The van der Waals surface area contributed by atoms with E-state index in [1.54, 1.807) is 5.48 Å². The molecule has 3 rings (SSSR count). The van der Waals surface area contributed by atoms with E-state index in [4.69, 9.17) is 9.94 Å². The van der Waals surface area contributed by atoms with Crippen LogP contribution in [0.5, 0.6) is 0 Å². The van der Waals surface area contributed by atoms with Gasteiger partial charge in [0.2, 0.25) is 5.95 Å². The second-order valence-electron chi connectivity index (χ2n) is 4.21. The third-order valence-corrected chi connectivity index (χ3v) is 3.16. The summed E-state index contributed by atoms with van der Waals surface area (Å²) in [5.74, 6) is -0.00174. The van der Waals surface area contributed by atoms with Crippen LogP contribution in [-0.4, -0.2) is 46.4 Å². The number of hydrogen-bond acceptors (Lipinski definition) is 6. The first-order chi connectivity index (χ1) is 8.28. The molecule has 1 aromatic heterocycles. The van der Waals surface area contributed by atoms with Crippen molar-refractivity contribution in [3.63, 3.8) is 0 Å². The summed E-state index contributed by atoms with van der Waals surface area (Å²) >= 11 is 0. The maximum atomic E-state index is 11.1. The van der Waals surface area contributed by atoms with E-state index in [9.17, 15) is 4.79 Å². The Hall–Kier alpha value is -1.73. The Morgan fingerprint density at radius 2 is 2.29 bits per heavy atom. The van der Waals surface area contributed by atoms with Gasteiger partial charge in [-0.1, -0.05) is 0 Å². The fraction of sp³-hybridized carbons (Fsp3) is 0.500. The predicted octanol–water partition coefficient (Wildman–Crippen LogP) is -0.427. The van der Waals surface area contributed by atoms with Crippen LogP contribution in [0, 0.1) is 0 Å². The molecule has 3 heterocycles. The molecule has 2 fully saturated rings. The molecule has 1 aromatic rings. The first-order valence-electron chi connectivity index (χ1n) is 5.42. The summed E-state index contributed by atoms with van der Waals surface area (Å²) in [7, 11) is 0. The average Bonchev–Trinajstić information content (AvgIpc) is 3.00.